The molecule has 0 saturated heterocycles. The number of carbonyl (C=O) groups is 1. The van der Waals surface area contributed by atoms with Gasteiger partial charge >= 0.3 is 0 Å². The summed E-state index contributed by atoms with van der Waals surface area (Å²) in [6.07, 6.45) is 3.29. The lowest BCUT2D eigenvalue weighted by Crippen LogP contribution is -2.29. The van der Waals surface area contributed by atoms with E-state index in [2.05, 4.69) is 15.4 Å². The second kappa shape index (κ2) is 8.54. The largest absolute Gasteiger partial charge is 0.346 e. The van der Waals surface area contributed by atoms with Crippen LogP contribution in [0.25, 0.3) is 10.8 Å². The predicted octanol–water partition coefficient (Wildman–Crippen LogP) is 2.68. The van der Waals surface area contributed by atoms with Crippen molar-refractivity contribution in [2.24, 2.45) is 0 Å². The smallest absolute Gasteiger partial charge is 0.282 e. The average molecular weight is 415 g/mol. The molecule has 1 amide bonds. The number of carbonyl (C=O) groups excluding carboxylic acids is 1. The highest BCUT2D eigenvalue weighted by atomic mass is 16.6. The number of nitrogens with zero attached hydrogens (tertiary/aromatic N) is 4. The highest BCUT2D eigenvalue weighted by molar-refractivity contribution is 5.98. The number of nitro groups is 1. The van der Waals surface area contributed by atoms with E-state index in [1.807, 2.05) is 6.07 Å². The van der Waals surface area contributed by atoms with Crippen LogP contribution in [0.15, 0.2) is 77.9 Å². The molecule has 2 aromatic carbocycles. The number of nitro benzene ring substituents is 1. The van der Waals surface area contributed by atoms with Crippen LogP contribution < -0.4 is 10.9 Å². The van der Waals surface area contributed by atoms with Crippen LogP contribution in [0.1, 0.15) is 21.6 Å². The van der Waals surface area contributed by atoms with Gasteiger partial charge < -0.3 is 5.32 Å². The third-order valence-electron chi connectivity index (χ3n) is 4.76. The molecule has 0 aliphatic heterocycles. The second-order valence-electron chi connectivity index (χ2n) is 6.77. The Labute approximate surface area is 176 Å². The van der Waals surface area contributed by atoms with Crippen LogP contribution in [-0.2, 0) is 13.1 Å². The summed E-state index contributed by atoms with van der Waals surface area (Å²) in [4.78, 5) is 40.1. The van der Waals surface area contributed by atoms with Crippen LogP contribution >= 0.6 is 0 Å². The van der Waals surface area contributed by atoms with Crippen molar-refractivity contribution in [1.29, 1.82) is 0 Å². The van der Waals surface area contributed by atoms with E-state index in [1.54, 1.807) is 48.8 Å². The van der Waals surface area contributed by atoms with Gasteiger partial charge in [-0.05, 0) is 23.8 Å². The number of rotatable bonds is 6. The Bertz CT molecular complexity index is 1330. The van der Waals surface area contributed by atoms with Crippen molar-refractivity contribution in [3.8, 4) is 0 Å². The molecule has 1 N–H and O–H groups in total. The van der Waals surface area contributed by atoms with Gasteiger partial charge in [-0.1, -0.05) is 36.4 Å². The number of hydrogen-bond donors (Lipinski definition) is 1. The Morgan fingerprint density at radius 1 is 1.03 bits per heavy atom. The maximum absolute atomic E-state index is 12.9. The van der Waals surface area contributed by atoms with Gasteiger partial charge in [-0.25, -0.2) is 4.68 Å². The Kier molecular flexibility index (Phi) is 5.48. The molecule has 0 spiro atoms. The third-order valence-corrected chi connectivity index (χ3v) is 4.76. The molecule has 2 heterocycles. The van der Waals surface area contributed by atoms with Crippen molar-refractivity contribution < 1.29 is 9.72 Å². The van der Waals surface area contributed by atoms with Crippen molar-refractivity contribution in [2.75, 3.05) is 0 Å². The van der Waals surface area contributed by atoms with Crippen LogP contribution in [0.3, 0.4) is 0 Å². The van der Waals surface area contributed by atoms with Crippen molar-refractivity contribution >= 4 is 22.4 Å². The van der Waals surface area contributed by atoms with E-state index < -0.39 is 10.8 Å². The minimum Gasteiger partial charge on any atom is -0.346 e. The molecule has 0 bridgehead atoms. The lowest BCUT2D eigenvalue weighted by atomic mass is 10.1. The van der Waals surface area contributed by atoms with Crippen LogP contribution in [-0.4, -0.2) is 25.6 Å². The van der Waals surface area contributed by atoms with Crippen LogP contribution in [0.5, 0.6) is 0 Å². The predicted molar refractivity (Wildman–Crippen MR) is 114 cm³/mol. The van der Waals surface area contributed by atoms with E-state index in [-0.39, 0.29) is 29.9 Å². The van der Waals surface area contributed by atoms with Crippen LogP contribution in [0.4, 0.5) is 5.69 Å². The van der Waals surface area contributed by atoms with Gasteiger partial charge in [-0.2, -0.15) is 5.10 Å². The molecule has 0 atom stereocenters. The molecule has 9 heteroatoms. The highest BCUT2D eigenvalue weighted by Crippen LogP contribution is 2.18. The molecule has 9 nitrogen and oxygen atoms in total. The molecule has 0 fully saturated rings. The van der Waals surface area contributed by atoms with E-state index in [0.29, 0.717) is 16.5 Å². The lowest BCUT2D eigenvalue weighted by molar-refractivity contribution is -0.385. The number of nitrogens with one attached hydrogen (secondary N) is 1. The number of para-hydroxylation sites is 1. The quantitative estimate of drug-likeness (QED) is 0.382. The van der Waals surface area contributed by atoms with E-state index in [1.165, 1.54) is 22.9 Å². The summed E-state index contributed by atoms with van der Waals surface area (Å²) in [5, 5.41) is 19.4. The zero-order valence-corrected chi connectivity index (χ0v) is 16.3. The van der Waals surface area contributed by atoms with Crippen molar-refractivity contribution in [3.05, 3.63) is 110 Å². The van der Waals surface area contributed by atoms with Crippen LogP contribution in [0, 0.1) is 10.1 Å². The number of benzene rings is 2. The van der Waals surface area contributed by atoms with Gasteiger partial charge in [0.05, 0.1) is 29.1 Å². The first-order chi connectivity index (χ1) is 15.0. The van der Waals surface area contributed by atoms with Gasteiger partial charge in [0.1, 0.15) is 5.56 Å². The zero-order valence-electron chi connectivity index (χ0n) is 16.3. The van der Waals surface area contributed by atoms with Gasteiger partial charge in [0.2, 0.25) is 0 Å². The van der Waals surface area contributed by atoms with E-state index in [0.717, 1.165) is 5.56 Å². The summed E-state index contributed by atoms with van der Waals surface area (Å²) >= 11 is 0. The molecule has 0 saturated carbocycles. The summed E-state index contributed by atoms with van der Waals surface area (Å²) in [7, 11) is 0. The van der Waals surface area contributed by atoms with Gasteiger partial charge in [-0.15, -0.1) is 0 Å². The van der Waals surface area contributed by atoms with Gasteiger partial charge in [0, 0.05) is 23.8 Å². The topological polar surface area (TPSA) is 120 Å². The fourth-order valence-corrected chi connectivity index (χ4v) is 3.29. The van der Waals surface area contributed by atoms with Crippen molar-refractivity contribution in [1.82, 2.24) is 20.1 Å². The molecule has 2 aromatic heterocycles. The lowest BCUT2D eigenvalue weighted by Gasteiger charge is -2.12. The first kappa shape index (κ1) is 19.9. The first-order valence-corrected chi connectivity index (χ1v) is 9.44. The molecule has 31 heavy (non-hydrogen) atoms. The van der Waals surface area contributed by atoms with Gasteiger partial charge in [0.15, 0.2) is 0 Å². The summed E-state index contributed by atoms with van der Waals surface area (Å²) in [5.74, 6) is -0.594. The minimum atomic E-state index is -0.601. The molecule has 0 unspecified atom stereocenters. The summed E-state index contributed by atoms with van der Waals surface area (Å²) in [6.45, 7) is 0.224. The fraction of sp³-hybridized carbons (Fsp3) is 0.0909. The second-order valence-corrected chi connectivity index (χ2v) is 6.77. The Morgan fingerprint density at radius 3 is 2.52 bits per heavy atom. The SMILES string of the molecule is O=C(NCc1nn(Cc2cccnc2)c(=O)c2ccccc12)c1ccccc1[N+](=O)[O-]. The van der Waals surface area contributed by atoms with E-state index in [4.69, 9.17) is 0 Å². The van der Waals surface area contributed by atoms with E-state index in [9.17, 15) is 19.7 Å². The summed E-state index contributed by atoms with van der Waals surface area (Å²) in [6, 6.07) is 16.3. The van der Waals surface area contributed by atoms with E-state index >= 15 is 0 Å². The third kappa shape index (κ3) is 4.15. The molecule has 0 aliphatic carbocycles. The monoisotopic (exact) mass is 415 g/mol. The standard InChI is InChI=1S/C22H17N5O4/c28-21(18-9-3-4-10-20(18)27(30)31)24-13-19-16-7-1-2-8-17(16)22(29)26(25-19)14-15-6-5-11-23-12-15/h1-12H,13-14H2,(H,24,28). The number of pyridine rings is 1. The molecule has 0 aliphatic rings. The van der Waals surface area contributed by atoms with Gasteiger partial charge in [-0.3, -0.25) is 24.7 Å². The van der Waals surface area contributed by atoms with Crippen molar-refractivity contribution in [2.45, 2.75) is 13.1 Å². The number of aromatic nitrogens is 3. The molecule has 4 aromatic rings. The Hall–Kier alpha value is -4.40. The fourth-order valence-electron chi connectivity index (χ4n) is 3.29. The van der Waals surface area contributed by atoms with Crippen molar-refractivity contribution in [3.63, 3.8) is 0 Å². The maximum Gasteiger partial charge on any atom is 0.282 e. The molecule has 4 rings (SSSR count). The Morgan fingerprint density at radius 2 is 1.77 bits per heavy atom. The summed E-state index contributed by atoms with van der Waals surface area (Å²) in [5.41, 5.74) is 0.710. The average Bonchev–Trinajstić information content (AvgIpc) is 2.80. The number of hydrogen-bond acceptors (Lipinski definition) is 6. The molecular weight excluding hydrogens is 398 g/mol. The summed E-state index contributed by atoms with van der Waals surface area (Å²) < 4.78 is 1.33. The van der Waals surface area contributed by atoms with Gasteiger partial charge in [0.25, 0.3) is 17.2 Å². The number of fused-ring (bicyclic) bond motifs is 1. The highest BCUT2D eigenvalue weighted by Gasteiger charge is 2.19. The molecule has 0 radical (unpaired) electrons. The maximum atomic E-state index is 12.9. The normalized spacial score (nSPS) is 10.7. The molecular formula is C22H17N5O4. The van der Waals surface area contributed by atoms with Crippen LogP contribution in [0.2, 0.25) is 0 Å². The Balaban J connectivity index is 1.67. The number of amides is 1. The minimum absolute atomic E-state index is 0.00127. The zero-order chi connectivity index (χ0) is 21.8. The molecule has 154 valence electrons. The first-order valence-electron chi connectivity index (χ1n) is 9.44.